The smallest absolute Gasteiger partial charge is 0.0409 e. The second kappa shape index (κ2) is 6.23. The standard InChI is InChI=1S/C17H20ClN/c1-12-7-13(2)9-14(8-12)10-17(19-3)15-5-4-6-16(18)11-15/h4-9,11,17,19H,10H2,1-3H3. The summed E-state index contributed by atoms with van der Waals surface area (Å²) in [6.45, 7) is 4.29. The normalized spacial score (nSPS) is 12.4. The Morgan fingerprint density at radius 2 is 1.74 bits per heavy atom. The fourth-order valence-electron chi connectivity index (χ4n) is 2.53. The van der Waals surface area contributed by atoms with Crippen molar-refractivity contribution in [1.29, 1.82) is 0 Å². The number of benzene rings is 2. The Bertz CT molecular complexity index is 543. The maximum Gasteiger partial charge on any atom is 0.0409 e. The predicted molar refractivity (Wildman–Crippen MR) is 82.9 cm³/mol. The average molecular weight is 274 g/mol. The van der Waals surface area contributed by atoms with E-state index in [1.54, 1.807) is 0 Å². The molecule has 2 aromatic carbocycles. The van der Waals surface area contributed by atoms with Crippen molar-refractivity contribution in [1.82, 2.24) is 5.32 Å². The minimum Gasteiger partial charge on any atom is -0.313 e. The van der Waals surface area contributed by atoms with E-state index in [0.717, 1.165) is 11.4 Å². The zero-order chi connectivity index (χ0) is 13.8. The zero-order valence-corrected chi connectivity index (χ0v) is 12.5. The molecule has 1 N–H and O–H groups in total. The Balaban J connectivity index is 2.23. The summed E-state index contributed by atoms with van der Waals surface area (Å²) < 4.78 is 0. The summed E-state index contributed by atoms with van der Waals surface area (Å²) in [5.41, 5.74) is 5.22. The molecular weight excluding hydrogens is 254 g/mol. The van der Waals surface area contributed by atoms with Crippen LogP contribution in [0.15, 0.2) is 42.5 Å². The van der Waals surface area contributed by atoms with Gasteiger partial charge in [0.2, 0.25) is 0 Å². The second-order valence-corrected chi connectivity index (χ2v) is 5.53. The number of likely N-dealkylation sites (N-methyl/N-ethyl adjacent to an activating group) is 1. The molecular formula is C17H20ClN. The molecule has 0 aliphatic heterocycles. The molecule has 0 amide bonds. The summed E-state index contributed by atoms with van der Waals surface area (Å²) in [7, 11) is 1.99. The van der Waals surface area contributed by atoms with Crippen molar-refractivity contribution in [2.75, 3.05) is 7.05 Å². The van der Waals surface area contributed by atoms with Crippen LogP contribution in [0.25, 0.3) is 0 Å². The third-order valence-electron chi connectivity index (χ3n) is 3.32. The van der Waals surface area contributed by atoms with Gasteiger partial charge in [-0.25, -0.2) is 0 Å². The molecule has 0 bridgehead atoms. The predicted octanol–water partition coefficient (Wildman–Crippen LogP) is 4.46. The molecule has 0 aliphatic rings. The van der Waals surface area contributed by atoms with Gasteiger partial charge in [-0.05, 0) is 50.6 Å². The third-order valence-corrected chi connectivity index (χ3v) is 3.56. The number of halogens is 1. The van der Waals surface area contributed by atoms with Gasteiger partial charge in [0.05, 0.1) is 0 Å². The van der Waals surface area contributed by atoms with Crippen LogP contribution in [0.4, 0.5) is 0 Å². The maximum atomic E-state index is 6.07. The molecule has 1 nitrogen and oxygen atoms in total. The number of hydrogen-bond donors (Lipinski definition) is 1. The summed E-state index contributed by atoms with van der Waals surface area (Å²) >= 11 is 6.07. The topological polar surface area (TPSA) is 12.0 Å². The summed E-state index contributed by atoms with van der Waals surface area (Å²) in [5, 5.41) is 4.16. The molecule has 100 valence electrons. The van der Waals surface area contributed by atoms with E-state index in [2.05, 4.69) is 43.4 Å². The number of rotatable bonds is 4. The van der Waals surface area contributed by atoms with E-state index >= 15 is 0 Å². The molecule has 1 atom stereocenters. The highest BCUT2D eigenvalue weighted by molar-refractivity contribution is 6.30. The van der Waals surface area contributed by atoms with Crippen LogP contribution >= 0.6 is 11.6 Å². The zero-order valence-electron chi connectivity index (χ0n) is 11.7. The molecule has 0 fully saturated rings. The quantitative estimate of drug-likeness (QED) is 0.867. The van der Waals surface area contributed by atoms with Gasteiger partial charge in [-0.3, -0.25) is 0 Å². The molecule has 0 spiro atoms. The van der Waals surface area contributed by atoms with E-state index in [4.69, 9.17) is 11.6 Å². The minimum absolute atomic E-state index is 0.292. The third kappa shape index (κ3) is 3.82. The van der Waals surface area contributed by atoms with Crippen molar-refractivity contribution < 1.29 is 0 Å². The Hall–Kier alpha value is -1.31. The molecule has 2 aromatic rings. The lowest BCUT2D eigenvalue weighted by Crippen LogP contribution is -2.18. The van der Waals surface area contributed by atoms with Gasteiger partial charge in [0.1, 0.15) is 0 Å². The van der Waals surface area contributed by atoms with Gasteiger partial charge in [0, 0.05) is 11.1 Å². The largest absolute Gasteiger partial charge is 0.313 e. The van der Waals surface area contributed by atoms with Crippen molar-refractivity contribution in [3.8, 4) is 0 Å². The van der Waals surface area contributed by atoms with E-state index in [1.807, 2.05) is 25.2 Å². The van der Waals surface area contributed by atoms with Crippen LogP contribution in [0, 0.1) is 13.8 Å². The molecule has 0 heterocycles. The van der Waals surface area contributed by atoms with Gasteiger partial charge < -0.3 is 5.32 Å². The fraction of sp³-hybridized carbons (Fsp3) is 0.294. The molecule has 19 heavy (non-hydrogen) atoms. The lowest BCUT2D eigenvalue weighted by atomic mass is 9.97. The summed E-state index contributed by atoms with van der Waals surface area (Å²) in [4.78, 5) is 0. The molecule has 0 aliphatic carbocycles. The van der Waals surface area contributed by atoms with Gasteiger partial charge in [0.15, 0.2) is 0 Å². The lowest BCUT2D eigenvalue weighted by molar-refractivity contribution is 0.592. The molecule has 0 radical (unpaired) electrons. The van der Waals surface area contributed by atoms with Crippen LogP contribution in [-0.2, 0) is 6.42 Å². The van der Waals surface area contributed by atoms with Crippen molar-refractivity contribution in [3.05, 3.63) is 69.7 Å². The highest BCUT2D eigenvalue weighted by Gasteiger charge is 2.11. The summed E-state index contributed by atoms with van der Waals surface area (Å²) in [5.74, 6) is 0. The highest BCUT2D eigenvalue weighted by atomic mass is 35.5. The van der Waals surface area contributed by atoms with Crippen LogP contribution in [0.1, 0.15) is 28.3 Å². The van der Waals surface area contributed by atoms with Crippen LogP contribution < -0.4 is 5.32 Å². The van der Waals surface area contributed by atoms with Gasteiger partial charge in [-0.1, -0.05) is 53.1 Å². The summed E-state index contributed by atoms with van der Waals surface area (Å²) in [6, 6.07) is 15.1. The van der Waals surface area contributed by atoms with E-state index in [0.29, 0.717) is 6.04 Å². The highest BCUT2D eigenvalue weighted by Crippen LogP contribution is 2.22. The van der Waals surface area contributed by atoms with E-state index in [9.17, 15) is 0 Å². The molecule has 2 heteroatoms. The van der Waals surface area contributed by atoms with Crippen LogP contribution in [0.5, 0.6) is 0 Å². The van der Waals surface area contributed by atoms with Gasteiger partial charge in [0.25, 0.3) is 0 Å². The molecule has 0 aromatic heterocycles. The first-order valence-electron chi connectivity index (χ1n) is 6.58. The SMILES string of the molecule is CNC(Cc1cc(C)cc(C)c1)c1cccc(Cl)c1. The van der Waals surface area contributed by atoms with Crippen molar-refractivity contribution in [3.63, 3.8) is 0 Å². The molecule has 0 saturated heterocycles. The van der Waals surface area contributed by atoms with Gasteiger partial charge >= 0.3 is 0 Å². The van der Waals surface area contributed by atoms with Crippen LogP contribution in [0.2, 0.25) is 5.02 Å². The number of hydrogen-bond acceptors (Lipinski definition) is 1. The van der Waals surface area contributed by atoms with Gasteiger partial charge in [-0.2, -0.15) is 0 Å². The second-order valence-electron chi connectivity index (χ2n) is 5.10. The van der Waals surface area contributed by atoms with Crippen LogP contribution in [0.3, 0.4) is 0 Å². The summed E-state index contributed by atoms with van der Waals surface area (Å²) in [6.07, 6.45) is 0.972. The Morgan fingerprint density at radius 3 is 2.32 bits per heavy atom. The average Bonchev–Trinajstić information content (AvgIpc) is 2.34. The first-order chi connectivity index (χ1) is 9.08. The molecule has 1 unspecified atom stereocenters. The Morgan fingerprint density at radius 1 is 1.05 bits per heavy atom. The first-order valence-corrected chi connectivity index (χ1v) is 6.96. The van der Waals surface area contributed by atoms with Crippen molar-refractivity contribution >= 4 is 11.6 Å². The first kappa shape index (κ1) is 14.1. The van der Waals surface area contributed by atoms with Crippen molar-refractivity contribution in [2.24, 2.45) is 0 Å². The fourth-order valence-corrected chi connectivity index (χ4v) is 2.73. The van der Waals surface area contributed by atoms with E-state index in [1.165, 1.54) is 22.3 Å². The monoisotopic (exact) mass is 273 g/mol. The van der Waals surface area contributed by atoms with E-state index in [-0.39, 0.29) is 0 Å². The van der Waals surface area contributed by atoms with Crippen molar-refractivity contribution in [2.45, 2.75) is 26.3 Å². The molecule has 0 saturated carbocycles. The minimum atomic E-state index is 0.292. The lowest BCUT2D eigenvalue weighted by Gasteiger charge is -2.18. The maximum absolute atomic E-state index is 6.07. The number of nitrogens with one attached hydrogen (secondary N) is 1. The Labute approximate surface area is 120 Å². The Kier molecular flexibility index (Phi) is 4.62. The number of aryl methyl sites for hydroxylation is 2. The van der Waals surface area contributed by atoms with Crippen LogP contribution in [-0.4, -0.2) is 7.05 Å². The van der Waals surface area contributed by atoms with E-state index < -0.39 is 0 Å². The molecule has 2 rings (SSSR count). The van der Waals surface area contributed by atoms with Gasteiger partial charge in [-0.15, -0.1) is 0 Å².